The van der Waals surface area contributed by atoms with Crippen molar-refractivity contribution < 1.29 is 28.4 Å². The lowest BCUT2D eigenvalue weighted by Crippen LogP contribution is -2.42. The number of hydrogen-bond donors (Lipinski definition) is 2. The van der Waals surface area contributed by atoms with Gasteiger partial charge in [0.05, 0.1) is 0 Å². The molecular weight excluding hydrogens is 356 g/mol. The number of aryl methyl sites for hydroxylation is 1. The Kier molecular flexibility index (Phi) is 3.76. The number of aromatic nitrogens is 1. The Balaban J connectivity index is 1.52. The van der Waals surface area contributed by atoms with E-state index in [0.717, 1.165) is 4.90 Å². The molecule has 0 bridgehead atoms. The highest BCUT2D eigenvalue weighted by atomic mass is 16.7. The average molecular weight is 372 g/mol. The van der Waals surface area contributed by atoms with Crippen molar-refractivity contribution in [2.24, 2.45) is 0 Å². The van der Waals surface area contributed by atoms with Gasteiger partial charge < -0.3 is 24.6 Å². The lowest BCUT2D eigenvalue weighted by molar-refractivity contribution is -0.133. The third-order valence-corrected chi connectivity index (χ3v) is 4.42. The number of carbonyl (C=O) groups excluding carboxylic acids is 3. The van der Waals surface area contributed by atoms with Crippen LogP contribution >= 0.6 is 0 Å². The molecule has 1 fully saturated rings. The second-order valence-electron chi connectivity index (χ2n) is 6.39. The van der Waals surface area contributed by atoms with Crippen LogP contribution in [0.5, 0.6) is 11.5 Å². The number of imide groups is 1. The van der Waals surface area contributed by atoms with E-state index in [1.807, 2.05) is 0 Å². The maximum absolute atomic E-state index is 12.9. The molecule has 10 nitrogen and oxygen atoms in total. The number of ether oxygens (including phenoxy) is 2. The fraction of sp³-hybridized carbons (Fsp3) is 0.294. The van der Waals surface area contributed by atoms with Crippen LogP contribution in [0.3, 0.4) is 0 Å². The molecule has 140 valence electrons. The van der Waals surface area contributed by atoms with E-state index in [0.29, 0.717) is 22.8 Å². The Morgan fingerprint density at radius 1 is 1.30 bits per heavy atom. The number of nitrogens with zero attached hydrogens (tertiary/aromatic N) is 2. The van der Waals surface area contributed by atoms with Gasteiger partial charge in [0.25, 0.3) is 5.91 Å². The highest BCUT2D eigenvalue weighted by Gasteiger charge is 2.49. The normalized spacial score (nSPS) is 20.7. The Bertz CT molecular complexity index is 955. The van der Waals surface area contributed by atoms with Crippen LogP contribution in [0.15, 0.2) is 28.8 Å². The van der Waals surface area contributed by atoms with Gasteiger partial charge in [0, 0.05) is 6.07 Å². The Labute approximate surface area is 153 Å². The number of fused-ring (bicyclic) bond motifs is 1. The fourth-order valence-corrected chi connectivity index (χ4v) is 3.00. The summed E-state index contributed by atoms with van der Waals surface area (Å²) in [7, 11) is 0. The Hall–Kier alpha value is -3.56. The molecule has 2 aliphatic heterocycles. The molecule has 4 amide bonds. The first-order valence-electron chi connectivity index (χ1n) is 8.14. The number of rotatable bonds is 4. The number of urea groups is 1. The zero-order valence-corrected chi connectivity index (χ0v) is 14.6. The van der Waals surface area contributed by atoms with Crippen LogP contribution in [0.1, 0.15) is 18.2 Å². The minimum absolute atomic E-state index is 0.101. The van der Waals surface area contributed by atoms with Crippen molar-refractivity contribution in [2.75, 3.05) is 18.7 Å². The Morgan fingerprint density at radius 2 is 2.07 bits per heavy atom. The van der Waals surface area contributed by atoms with Gasteiger partial charge in [-0.15, -0.1) is 0 Å². The minimum Gasteiger partial charge on any atom is -0.454 e. The molecule has 0 radical (unpaired) electrons. The number of benzene rings is 1. The molecule has 1 unspecified atom stereocenters. The number of hydrogen-bond acceptors (Lipinski definition) is 7. The largest absolute Gasteiger partial charge is 0.454 e. The van der Waals surface area contributed by atoms with Crippen LogP contribution in [-0.4, -0.2) is 41.2 Å². The molecule has 10 heteroatoms. The molecule has 1 saturated heterocycles. The van der Waals surface area contributed by atoms with Gasteiger partial charge in [0.2, 0.25) is 12.7 Å². The molecule has 27 heavy (non-hydrogen) atoms. The van der Waals surface area contributed by atoms with Crippen molar-refractivity contribution in [1.29, 1.82) is 0 Å². The molecule has 1 aromatic carbocycles. The summed E-state index contributed by atoms with van der Waals surface area (Å²) in [5.41, 5.74) is -0.789. The van der Waals surface area contributed by atoms with Gasteiger partial charge in [-0.25, -0.2) is 4.79 Å². The summed E-state index contributed by atoms with van der Waals surface area (Å²) in [6.07, 6.45) is 0. The summed E-state index contributed by atoms with van der Waals surface area (Å²) in [5.74, 6) is 0.685. The van der Waals surface area contributed by atoms with Crippen LogP contribution in [-0.2, 0) is 15.1 Å². The lowest BCUT2D eigenvalue weighted by atomic mass is 9.91. The minimum atomic E-state index is -1.32. The highest BCUT2D eigenvalue weighted by molar-refractivity contribution is 6.10. The van der Waals surface area contributed by atoms with Gasteiger partial charge in [-0.05, 0) is 31.5 Å². The molecule has 2 N–H and O–H groups in total. The predicted octanol–water partition coefficient (Wildman–Crippen LogP) is 1.12. The van der Waals surface area contributed by atoms with E-state index in [2.05, 4.69) is 15.8 Å². The number of nitrogens with one attached hydrogen (secondary N) is 2. The topological polar surface area (TPSA) is 123 Å². The van der Waals surface area contributed by atoms with E-state index in [1.165, 1.54) is 6.07 Å². The second kappa shape index (κ2) is 6.01. The first kappa shape index (κ1) is 16.9. The van der Waals surface area contributed by atoms with E-state index < -0.39 is 29.9 Å². The van der Waals surface area contributed by atoms with Crippen molar-refractivity contribution in [3.05, 3.63) is 35.6 Å². The van der Waals surface area contributed by atoms with Gasteiger partial charge in [-0.2, -0.15) is 0 Å². The van der Waals surface area contributed by atoms with Crippen molar-refractivity contribution in [2.45, 2.75) is 19.4 Å². The summed E-state index contributed by atoms with van der Waals surface area (Å²) < 4.78 is 15.4. The third kappa shape index (κ3) is 2.84. The molecule has 3 heterocycles. The molecule has 4 rings (SSSR count). The van der Waals surface area contributed by atoms with Gasteiger partial charge in [-0.1, -0.05) is 11.2 Å². The Morgan fingerprint density at radius 3 is 2.81 bits per heavy atom. The lowest BCUT2D eigenvalue weighted by Gasteiger charge is -2.22. The van der Waals surface area contributed by atoms with E-state index in [9.17, 15) is 14.4 Å². The van der Waals surface area contributed by atoms with Crippen LogP contribution in [0.2, 0.25) is 0 Å². The quantitative estimate of drug-likeness (QED) is 0.771. The first-order chi connectivity index (χ1) is 12.9. The molecule has 0 spiro atoms. The monoisotopic (exact) mass is 372 g/mol. The summed E-state index contributed by atoms with van der Waals surface area (Å²) in [4.78, 5) is 38.2. The van der Waals surface area contributed by atoms with Crippen molar-refractivity contribution in [1.82, 2.24) is 15.4 Å². The van der Waals surface area contributed by atoms with Gasteiger partial charge in [0.1, 0.15) is 17.8 Å². The predicted molar refractivity (Wildman–Crippen MR) is 90.0 cm³/mol. The van der Waals surface area contributed by atoms with Crippen LogP contribution in [0.25, 0.3) is 0 Å². The molecule has 0 aliphatic carbocycles. The molecule has 1 atom stereocenters. The maximum Gasteiger partial charge on any atom is 0.325 e. The molecule has 2 aliphatic rings. The summed E-state index contributed by atoms with van der Waals surface area (Å²) in [5, 5.41) is 8.76. The third-order valence-electron chi connectivity index (χ3n) is 4.42. The second-order valence-corrected chi connectivity index (χ2v) is 6.39. The zero-order chi connectivity index (χ0) is 19.2. The summed E-state index contributed by atoms with van der Waals surface area (Å²) >= 11 is 0. The fourth-order valence-electron chi connectivity index (χ4n) is 3.00. The van der Waals surface area contributed by atoms with Crippen molar-refractivity contribution >= 4 is 23.7 Å². The smallest absolute Gasteiger partial charge is 0.325 e. The van der Waals surface area contributed by atoms with Crippen LogP contribution in [0, 0.1) is 6.92 Å². The maximum atomic E-state index is 12.9. The first-order valence-corrected chi connectivity index (χ1v) is 8.14. The van der Waals surface area contributed by atoms with E-state index in [-0.39, 0.29) is 12.6 Å². The van der Waals surface area contributed by atoms with Crippen molar-refractivity contribution in [3.63, 3.8) is 0 Å². The highest BCUT2D eigenvalue weighted by Crippen LogP contribution is 2.37. The van der Waals surface area contributed by atoms with E-state index in [1.54, 1.807) is 32.0 Å². The van der Waals surface area contributed by atoms with E-state index >= 15 is 0 Å². The number of anilines is 1. The van der Waals surface area contributed by atoms with Crippen LogP contribution in [0.4, 0.5) is 10.6 Å². The molecular formula is C17H16N4O6. The SMILES string of the molecule is Cc1cc(NC(=O)CN2C(=O)NC(C)(c3ccc4c(c3)OCO4)C2=O)no1. The number of carbonyl (C=O) groups is 3. The summed E-state index contributed by atoms with van der Waals surface area (Å²) in [6.45, 7) is 2.90. The zero-order valence-electron chi connectivity index (χ0n) is 14.6. The molecule has 1 aromatic heterocycles. The molecule has 0 saturated carbocycles. The van der Waals surface area contributed by atoms with Gasteiger partial charge in [0.15, 0.2) is 17.3 Å². The van der Waals surface area contributed by atoms with E-state index in [4.69, 9.17) is 14.0 Å². The average Bonchev–Trinajstić information content (AvgIpc) is 3.30. The standard InChI is InChI=1S/C17H16N4O6/c1-9-5-13(20-27-9)18-14(22)7-21-15(23)17(2,19-16(21)24)10-3-4-11-12(6-10)26-8-25-11/h3-6H,7-8H2,1-2H3,(H,19,24)(H,18,20,22). The van der Waals surface area contributed by atoms with Crippen molar-refractivity contribution in [3.8, 4) is 11.5 Å². The van der Waals surface area contributed by atoms with Gasteiger partial charge >= 0.3 is 6.03 Å². The summed E-state index contributed by atoms with van der Waals surface area (Å²) in [6, 6.07) is 5.85. The van der Waals surface area contributed by atoms with Crippen LogP contribution < -0.4 is 20.1 Å². The molecule has 2 aromatic rings. The number of amides is 4. The van der Waals surface area contributed by atoms with Gasteiger partial charge in [-0.3, -0.25) is 14.5 Å².